The summed E-state index contributed by atoms with van der Waals surface area (Å²) in [5, 5.41) is 0. The Kier molecular flexibility index (Phi) is 2.39. The van der Waals surface area contributed by atoms with E-state index in [9.17, 15) is 0 Å². The van der Waals surface area contributed by atoms with E-state index in [0.717, 1.165) is 23.7 Å². The maximum atomic E-state index is 2.71. The van der Waals surface area contributed by atoms with Gasteiger partial charge in [0, 0.05) is 0 Å². The summed E-state index contributed by atoms with van der Waals surface area (Å²) in [6.07, 6.45) is 14.8. The first-order valence-electron chi connectivity index (χ1n) is 9.40. The van der Waals surface area contributed by atoms with E-state index < -0.39 is 0 Å². The molecule has 0 aromatic heterocycles. The lowest BCUT2D eigenvalue weighted by Crippen LogP contribution is -2.46. The average Bonchev–Trinajstić information content (AvgIpc) is 2.89. The highest BCUT2D eigenvalue weighted by Crippen LogP contribution is 2.66. The minimum absolute atomic E-state index is 0.468. The van der Waals surface area contributed by atoms with Crippen LogP contribution in [0.25, 0.3) is 0 Å². The second-order valence-corrected chi connectivity index (χ2v) is 9.97. The molecule has 6 aliphatic carbocycles. The highest BCUT2D eigenvalue weighted by molar-refractivity contribution is 5.49. The molecule has 4 fully saturated rings. The minimum Gasteiger partial charge on any atom is -0.0596 e. The van der Waals surface area contributed by atoms with Gasteiger partial charge < -0.3 is 0 Å². The van der Waals surface area contributed by atoms with E-state index in [0.29, 0.717) is 10.8 Å². The van der Waals surface area contributed by atoms with Gasteiger partial charge in [0.05, 0.1) is 0 Å². The lowest BCUT2D eigenvalue weighted by molar-refractivity contribution is -0.0315. The minimum atomic E-state index is 0.468. The van der Waals surface area contributed by atoms with Crippen molar-refractivity contribution in [2.75, 3.05) is 0 Å². The van der Waals surface area contributed by atoms with Crippen LogP contribution in [0.2, 0.25) is 0 Å². The molecule has 1 atom stereocenters. The van der Waals surface area contributed by atoms with Gasteiger partial charge in [0.1, 0.15) is 0 Å². The molecule has 0 radical (unpaired) electrons. The third-order valence-corrected chi connectivity index (χ3v) is 7.93. The van der Waals surface area contributed by atoms with Gasteiger partial charge >= 0.3 is 0 Å². The van der Waals surface area contributed by atoms with Gasteiger partial charge in [-0.05, 0) is 91.4 Å². The highest BCUT2D eigenvalue weighted by atomic mass is 14.6. The molecule has 0 spiro atoms. The molecule has 0 nitrogen and oxygen atoms in total. The van der Waals surface area contributed by atoms with Crippen molar-refractivity contribution in [2.24, 2.45) is 34.5 Å². The first-order chi connectivity index (χ1) is 9.95. The van der Waals surface area contributed by atoms with Crippen LogP contribution in [0.1, 0.15) is 72.1 Å². The molecular formula is C21H30. The second-order valence-electron chi connectivity index (χ2n) is 9.97. The van der Waals surface area contributed by atoms with Crippen molar-refractivity contribution in [1.29, 1.82) is 0 Å². The summed E-state index contributed by atoms with van der Waals surface area (Å²) in [7, 11) is 0. The molecule has 0 aromatic rings. The molecule has 0 amide bonds. The van der Waals surface area contributed by atoms with E-state index >= 15 is 0 Å². The van der Waals surface area contributed by atoms with Gasteiger partial charge in [-0.25, -0.2) is 0 Å². The van der Waals surface area contributed by atoms with E-state index in [-0.39, 0.29) is 0 Å². The van der Waals surface area contributed by atoms with Gasteiger partial charge in [-0.1, -0.05) is 38.0 Å². The van der Waals surface area contributed by atoms with Gasteiger partial charge in [0.25, 0.3) is 0 Å². The SMILES string of the molecule is CC1CC(C)(C)C2=C1C=C(C13CC4CC(CC(C4)C1)C3)C2. The van der Waals surface area contributed by atoms with Crippen molar-refractivity contribution >= 4 is 0 Å². The smallest absolute Gasteiger partial charge is 0.00737 e. The van der Waals surface area contributed by atoms with Gasteiger partial charge in [0.2, 0.25) is 0 Å². The monoisotopic (exact) mass is 282 g/mol. The molecule has 0 N–H and O–H groups in total. The van der Waals surface area contributed by atoms with Crippen LogP contribution in [-0.2, 0) is 0 Å². The molecule has 0 heteroatoms. The van der Waals surface area contributed by atoms with E-state index in [4.69, 9.17) is 0 Å². The van der Waals surface area contributed by atoms with Crippen molar-refractivity contribution in [3.63, 3.8) is 0 Å². The first kappa shape index (κ1) is 13.0. The molecule has 6 rings (SSSR count). The lowest BCUT2D eigenvalue weighted by Gasteiger charge is -2.57. The van der Waals surface area contributed by atoms with Crippen molar-refractivity contribution in [3.05, 3.63) is 22.8 Å². The average molecular weight is 282 g/mol. The van der Waals surface area contributed by atoms with Crippen molar-refractivity contribution in [2.45, 2.75) is 72.1 Å². The van der Waals surface area contributed by atoms with E-state index in [2.05, 4.69) is 26.8 Å². The standard InChI is InChI=1S/C21H30/c1-13-9-20(2,3)19-8-17(7-18(13)19)21-10-14-4-15(11-21)6-16(5-14)12-21/h7,13-16H,4-6,8-12H2,1-3H3. The predicted molar refractivity (Wildman–Crippen MR) is 87.9 cm³/mol. The number of allylic oxidation sites excluding steroid dienone is 4. The molecule has 114 valence electrons. The summed E-state index contributed by atoms with van der Waals surface area (Å²) in [6, 6.07) is 0. The zero-order valence-corrected chi connectivity index (χ0v) is 14.0. The molecular weight excluding hydrogens is 252 g/mol. The Morgan fingerprint density at radius 1 is 0.905 bits per heavy atom. The summed E-state index contributed by atoms with van der Waals surface area (Å²) in [5.74, 6) is 4.05. The third kappa shape index (κ3) is 1.68. The molecule has 0 aromatic carbocycles. The Morgan fingerprint density at radius 3 is 2.00 bits per heavy atom. The van der Waals surface area contributed by atoms with Crippen molar-refractivity contribution in [1.82, 2.24) is 0 Å². The number of hydrogen-bond donors (Lipinski definition) is 0. The van der Waals surface area contributed by atoms with Crippen LogP contribution in [0.4, 0.5) is 0 Å². The predicted octanol–water partition coefficient (Wildman–Crippen LogP) is 5.90. The molecule has 0 heterocycles. The lowest BCUT2D eigenvalue weighted by atomic mass is 9.47. The molecule has 1 unspecified atom stereocenters. The molecule has 4 bridgehead atoms. The zero-order chi connectivity index (χ0) is 14.4. The summed E-state index contributed by atoms with van der Waals surface area (Å²) in [5.41, 5.74) is 6.57. The third-order valence-electron chi connectivity index (χ3n) is 7.93. The fourth-order valence-corrected chi connectivity index (χ4v) is 7.53. The van der Waals surface area contributed by atoms with E-state index in [1.165, 1.54) is 12.8 Å². The van der Waals surface area contributed by atoms with Crippen LogP contribution >= 0.6 is 0 Å². The Balaban J connectivity index is 1.50. The fourth-order valence-electron chi connectivity index (χ4n) is 7.53. The Labute approximate surface area is 130 Å². The van der Waals surface area contributed by atoms with E-state index in [1.807, 2.05) is 11.1 Å². The van der Waals surface area contributed by atoms with Crippen LogP contribution in [0.15, 0.2) is 22.8 Å². The normalized spacial score (nSPS) is 49.8. The van der Waals surface area contributed by atoms with Crippen LogP contribution < -0.4 is 0 Å². The van der Waals surface area contributed by atoms with Crippen LogP contribution in [-0.4, -0.2) is 0 Å². The van der Waals surface area contributed by atoms with Crippen LogP contribution in [0.3, 0.4) is 0 Å². The molecule has 21 heavy (non-hydrogen) atoms. The van der Waals surface area contributed by atoms with Gasteiger partial charge in [-0.2, -0.15) is 0 Å². The van der Waals surface area contributed by atoms with Gasteiger partial charge in [0.15, 0.2) is 0 Å². The zero-order valence-electron chi connectivity index (χ0n) is 14.0. The quantitative estimate of drug-likeness (QED) is 0.562. The molecule has 4 saturated carbocycles. The Morgan fingerprint density at radius 2 is 1.48 bits per heavy atom. The highest BCUT2D eigenvalue weighted by Gasteiger charge is 2.54. The molecule has 0 saturated heterocycles. The van der Waals surface area contributed by atoms with Gasteiger partial charge in [-0.3, -0.25) is 0 Å². The van der Waals surface area contributed by atoms with E-state index in [1.54, 1.807) is 44.1 Å². The maximum absolute atomic E-state index is 2.71. The molecule has 6 aliphatic rings. The molecule has 0 aliphatic heterocycles. The summed E-state index contributed by atoms with van der Waals surface area (Å²) in [4.78, 5) is 0. The topological polar surface area (TPSA) is 0 Å². The first-order valence-corrected chi connectivity index (χ1v) is 9.40. The fraction of sp³-hybridized carbons (Fsp3) is 0.810. The number of hydrogen-bond acceptors (Lipinski definition) is 0. The van der Waals surface area contributed by atoms with Crippen molar-refractivity contribution < 1.29 is 0 Å². The van der Waals surface area contributed by atoms with Crippen LogP contribution in [0, 0.1) is 34.5 Å². The summed E-state index contributed by atoms with van der Waals surface area (Å²) >= 11 is 0. The van der Waals surface area contributed by atoms with Crippen molar-refractivity contribution in [3.8, 4) is 0 Å². The Hall–Kier alpha value is -0.520. The summed E-state index contributed by atoms with van der Waals surface area (Å²) in [6.45, 7) is 7.44. The number of rotatable bonds is 1. The Bertz CT molecular complexity index is 521. The largest absolute Gasteiger partial charge is 0.0596 e. The maximum Gasteiger partial charge on any atom is -0.00737 e. The second kappa shape index (κ2) is 3.87. The van der Waals surface area contributed by atoms with Gasteiger partial charge in [-0.15, -0.1) is 0 Å². The summed E-state index contributed by atoms with van der Waals surface area (Å²) < 4.78 is 0. The van der Waals surface area contributed by atoms with Crippen LogP contribution in [0.5, 0.6) is 0 Å².